The molecule has 0 aromatic heterocycles. The SMILES string of the molecule is O=C([O-])OOc1ccccc1. The van der Waals surface area contributed by atoms with Crippen LogP contribution in [0.5, 0.6) is 5.75 Å². The smallest absolute Gasteiger partial charge is 0.291 e. The summed E-state index contributed by atoms with van der Waals surface area (Å²) in [6.45, 7) is 0. The van der Waals surface area contributed by atoms with Crippen LogP contribution in [-0.4, -0.2) is 6.16 Å². The van der Waals surface area contributed by atoms with Gasteiger partial charge in [0.25, 0.3) is 6.16 Å². The van der Waals surface area contributed by atoms with E-state index in [-0.39, 0.29) is 0 Å². The summed E-state index contributed by atoms with van der Waals surface area (Å²) in [7, 11) is 0. The summed E-state index contributed by atoms with van der Waals surface area (Å²) in [4.78, 5) is 17.8. The zero-order valence-electron chi connectivity index (χ0n) is 5.52. The molecule has 58 valence electrons. The zero-order valence-corrected chi connectivity index (χ0v) is 5.52. The highest BCUT2D eigenvalue weighted by Crippen LogP contribution is 2.07. The van der Waals surface area contributed by atoms with E-state index in [1.807, 2.05) is 0 Å². The van der Waals surface area contributed by atoms with Crippen molar-refractivity contribution in [1.82, 2.24) is 0 Å². The van der Waals surface area contributed by atoms with Gasteiger partial charge in [0, 0.05) is 0 Å². The lowest BCUT2D eigenvalue weighted by atomic mass is 10.3. The molecule has 0 bridgehead atoms. The lowest BCUT2D eigenvalue weighted by Crippen LogP contribution is -2.24. The average Bonchev–Trinajstić information content (AvgIpc) is 2.03. The number of para-hydroxylation sites is 1. The molecule has 4 heteroatoms. The van der Waals surface area contributed by atoms with Gasteiger partial charge in [0.1, 0.15) is 0 Å². The largest absolute Gasteiger partial charge is 0.423 e. The third-order valence-electron chi connectivity index (χ3n) is 0.949. The Bertz CT molecular complexity index is 231. The minimum Gasteiger partial charge on any atom is -0.423 e. The Balaban J connectivity index is 2.45. The van der Waals surface area contributed by atoms with Gasteiger partial charge in [-0.15, -0.1) is 0 Å². The Morgan fingerprint density at radius 1 is 1.27 bits per heavy atom. The molecule has 0 radical (unpaired) electrons. The van der Waals surface area contributed by atoms with Gasteiger partial charge in [0.2, 0.25) is 0 Å². The molecule has 1 aromatic carbocycles. The van der Waals surface area contributed by atoms with Crippen LogP contribution in [0, 0.1) is 0 Å². The predicted molar refractivity (Wildman–Crippen MR) is 33.6 cm³/mol. The van der Waals surface area contributed by atoms with Gasteiger partial charge in [-0.05, 0) is 12.1 Å². The monoisotopic (exact) mass is 153 g/mol. The van der Waals surface area contributed by atoms with E-state index in [0.29, 0.717) is 5.75 Å². The number of benzene rings is 1. The van der Waals surface area contributed by atoms with Gasteiger partial charge >= 0.3 is 0 Å². The molecule has 0 fully saturated rings. The lowest BCUT2D eigenvalue weighted by Gasteiger charge is -2.07. The van der Waals surface area contributed by atoms with Crippen molar-refractivity contribution >= 4 is 6.16 Å². The fourth-order valence-electron chi connectivity index (χ4n) is 0.558. The third-order valence-corrected chi connectivity index (χ3v) is 0.949. The first-order chi connectivity index (χ1) is 5.29. The van der Waals surface area contributed by atoms with E-state index < -0.39 is 6.16 Å². The van der Waals surface area contributed by atoms with E-state index in [4.69, 9.17) is 0 Å². The van der Waals surface area contributed by atoms with Crippen LogP contribution in [0.2, 0.25) is 0 Å². The maximum atomic E-state index is 9.71. The standard InChI is InChI=1S/C7H6O4/c8-7(9)11-10-6-4-2-1-3-5-6/h1-5H,(H,8,9)/p-1. The summed E-state index contributed by atoms with van der Waals surface area (Å²) in [5.74, 6) is 0.316. The second kappa shape index (κ2) is 3.46. The van der Waals surface area contributed by atoms with Gasteiger partial charge in [-0.3, -0.25) is 0 Å². The van der Waals surface area contributed by atoms with Crippen molar-refractivity contribution in [2.45, 2.75) is 0 Å². The minimum atomic E-state index is -1.71. The molecule has 0 N–H and O–H groups in total. The predicted octanol–water partition coefficient (Wildman–Crippen LogP) is 0.340. The number of hydrogen-bond donors (Lipinski definition) is 0. The van der Waals surface area contributed by atoms with Gasteiger partial charge in [-0.2, -0.15) is 0 Å². The molecule has 0 aliphatic rings. The van der Waals surface area contributed by atoms with Crippen LogP contribution < -0.4 is 9.99 Å². The second-order valence-corrected chi connectivity index (χ2v) is 1.73. The quantitative estimate of drug-likeness (QED) is 0.454. The van der Waals surface area contributed by atoms with E-state index in [0.717, 1.165) is 0 Å². The van der Waals surface area contributed by atoms with Crippen LogP contribution in [0.3, 0.4) is 0 Å². The molecular formula is C7H5O4-. The summed E-state index contributed by atoms with van der Waals surface area (Å²) in [6.07, 6.45) is -1.71. The van der Waals surface area contributed by atoms with Crippen LogP contribution in [-0.2, 0) is 4.89 Å². The van der Waals surface area contributed by atoms with Crippen molar-refractivity contribution in [3.63, 3.8) is 0 Å². The molecule has 0 heterocycles. The molecule has 1 rings (SSSR count). The second-order valence-electron chi connectivity index (χ2n) is 1.73. The highest BCUT2D eigenvalue weighted by atomic mass is 17.2. The Morgan fingerprint density at radius 2 is 1.91 bits per heavy atom. The van der Waals surface area contributed by atoms with E-state index in [1.54, 1.807) is 30.3 Å². The summed E-state index contributed by atoms with van der Waals surface area (Å²) < 4.78 is 0. The first-order valence-corrected chi connectivity index (χ1v) is 2.89. The molecule has 0 aliphatic heterocycles. The van der Waals surface area contributed by atoms with E-state index in [2.05, 4.69) is 9.78 Å². The molecule has 0 saturated carbocycles. The van der Waals surface area contributed by atoms with Gasteiger partial charge in [-0.1, -0.05) is 18.2 Å². The molecule has 1 aromatic rings. The lowest BCUT2D eigenvalue weighted by molar-refractivity contribution is -0.330. The normalized spacial score (nSPS) is 8.73. The van der Waals surface area contributed by atoms with Gasteiger partial charge in [-0.25, -0.2) is 0 Å². The third kappa shape index (κ3) is 2.57. The van der Waals surface area contributed by atoms with Crippen molar-refractivity contribution in [3.05, 3.63) is 30.3 Å². The molecule has 0 spiro atoms. The molecule has 0 atom stereocenters. The molecule has 0 amide bonds. The number of rotatable bonds is 2. The van der Waals surface area contributed by atoms with Gasteiger partial charge in [0.05, 0.1) is 0 Å². The van der Waals surface area contributed by atoms with Crippen LogP contribution in [0.4, 0.5) is 4.79 Å². The summed E-state index contributed by atoms with van der Waals surface area (Å²) in [6, 6.07) is 8.26. The number of hydrogen-bond acceptors (Lipinski definition) is 4. The van der Waals surface area contributed by atoms with Crippen molar-refractivity contribution in [2.75, 3.05) is 0 Å². The highest BCUT2D eigenvalue weighted by Gasteiger charge is 1.88. The van der Waals surface area contributed by atoms with Crippen LogP contribution in [0.25, 0.3) is 0 Å². The maximum Gasteiger partial charge on any atom is 0.291 e. The fourth-order valence-corrected chi connectivity index (χ4v) is 0.558. The summed E-state index contributed by atoms with van der Waals surface area (Å²) >= 11 is 0. The van der Waals surface area contributed by atoms with Crippen LogP contribution >= 0.6 is 0 Å². The van der Waals surface area contributed by atoms with Gasteiger partial charge < -0.3 is 19.7 Å². The highest BCUT2D eigenvalue weighted by molar-refractivity contribution is 5.53. The van der Waals surface area contributed by atoms with Crippen molar-refractivity contribution < 1.29 is 19.7 Å². The molecule has 0 saturated heterocycles. The van der Waals surface area contributed by atoms with Crippen molar-refractivity contribution in [2.24, 2.45) is 0 Å². The van der Waals surface area contributed by atoms with Crippen LogP contribution in [0.1, 0.15) is 0 Å². The maximum absolute atomic E-state index is 9.71. The van der Waals surface area contributed by atoms with E-state index >= 15 is 0 Å². The average molecular weight is 153 g/mol. The minimum absolute atomic E-state index is 0.316. The Kier molecular flexibility index (Phi) is 2.32. The van der Waals surface area contributed by atoms with Gasteiger partial charge in [0.15, 0.2) is 5.75 Å². The topological polar surface area (TPSA) is 58.6 Å². The molecule has 0 aliphatic carbocycles. The molecular weight excluding hydrogens is 148 g/mol. The molecule has 0 unspecified atom stereocenters. The first-order valence-electron chi connectivity index (χ1n) is 2.89. The van der Waals surface area contributed by atoms with Crippen LogP contribution in [0.15, 0.2) is 30.3 Å². The summed E-state index contributed by atoms with van der Waals surface area (Å²) in [5.41, 5.74) is 0. The zero-order chi connectivity index (χ0) is 8.10. The Morgan fingerprint density at radius 3 is 2.45 bits per heavy atom. The van der Waals surface area contributed by atoms with Crippen molar-refractivity contribution in [1.29, 1.82) is 0 Å². The Hall–Kier alpha value is -1.71. The number of carbonyl (C=O) groups excluding carboxylic acids is 1. The fraction of sp³-hybridized carbons (Fsp3) is 0. The molecule has 11 heavy (non-hydrogen) atoms. The number of carboxylic acid groups (broad SMARTS) is 1. The number of carbonyl (C=O) groups is 1. The summed E-state index contributed by atoms with van der Waals surface area (Å²) in [5, 5.41) is 9.71. The van der Waals surface area contributed by atoms with Crippen molar-refractivity contribution in [3.8, 4) is 5.75 Å². The molecule has 4 nitrogen and oxygen atoms in total. The van der Waals surface area contributed by atoms with E-state index in [9.17, 15) is 9.90 Å². The first kappa shape index (κ1) is 7.40. The Labute approximate surface area is 62.9 Å². The van der Waals surface area contributed by atoms with E-state index in [1.165, 1.54) is 0 Å².